The molecule has 0 bridgehead atoms. The van der Waals surface area contributed by atoms with Gasteiger partial charge in [0.05, 0.1) is 11.4 Å². The largest absolute Gasteiger partial charge is 0.370 e. The first-order valence-electron chi connectivity index (χ1n) is 5.64. The van der Waals surface area contributed by atoms with Crippen LogP contribution in [-0.2, 0) is 4.79 Å². The van der Waals surface area contributed by atoms with Crippen molar-refractivity contribution in [2.45, 2.75) is 39.2 Å². The van der Waals surface area contributed by atoms with Crippen LogP contribution in [-0.4, -0.2) is 11.4 Å². The van der Waals surface area contributed by atoms with Gasteiger partial charge in [0.2, 0.25) is 5.91 Å². The zero-order valence-electron chi connectivity index (χ0n) is 10.2. The highest BCUT2D eigenvalue weighted by Gasteiger charge is 2.32. The first-order chi connectivity index (χ1) is 7.40. The maximum Gasteiger partial charge on any atom is 0.249 e. The summed E-state index contributed by atoms with van der Waals surface area (Å²) in [4.78, 5) is 11.7. The minimum atomic E-state index is -0.539. The van der Waals surface area contributed by atoms with E-state index in [-0.39, 0.29) is 5.91 Å². The van der Waals surface area contributed by atoms with Gasteiger partial charge in [-0.05, 0) is 37.5 Å². The Kier molecular flexibility index (Phi) is 2.41. The van der Waals surface area contributed by atoms with Crippen molar-refractivity contribution in [1.29, 1.82) is 0 Å². The molecule has 1 aromatic rings. The highest BCUT2D eigenvalue weighted by Crippen LogP contribution is 2.33. The Morgan fingerprint density at radius 3 is 2.50 bits per heavy atom. The van der Waals surface area contributed by atoms with Gasteiger partial charge in [-0.25, -0.2) is 0 Å². The first kappa shape index (κ1) is 11.0. The molecule has 16 heavy (non-hydrogen) atoms. The maximum atomic E-state index is 11.7. The number of rotatable bonds is 1. The molecule has 1 aromatic carbocycles. The summed E-state index contributed by atoms with van der Waals surface area (Å²) < 4.78 is 0. The summed E-state index contributed by atoms with van der Waals surface area (Å²) in [5.74, 6) is 0.505. The van der Waals surface area contributed by atoms with Gasteiger partial charge in [-0.2, -0.15) is 0 Å². The zero-order chi connectivity index (χ0) is 11.9. The SMILES string of the molecule is CC(C)c1ccc2c(c1)NC(C)(C)C(=O)N2. The molecule has 86 valence electrons. The number of anilines is 2. The fourth-order valence-corrected chi connectivity index (χ4v) is 1.81. The highest BCUT2D eigenvalue weighted by atomic mass is 16.2. The van der Waals surface area contributed by atoms with Gasteiger partial charge in [0.25, 0.3) is 0 Å². The van der Waals surface area contributed by atoms with Crippen LogP contribution in [0.2, 0.25) is 0 Å². The molecule has 0 aromatic heterocycles. The predicted octanol–water partition coefficient (Wildman–Crippen LogP) is 2.95. The first-order valence-corrected chi connectivity index (χ1v) is 5.64. The van der Waals surface area contributed by atoms with Gasteiger partial charge in [0.1, 0.15) is 5.54 Å². The number of carbonyl (C=O) groups excluding carboxylic acids is 1. The van der Waals surface area contributed by atoms with Gasteiger partial charge in [-0.1, -0.05) is 19.9 Å². The molecular weight excluding hydrogens is 200 g/mol. The Hall–Kier alpha value is -1.51. The number of nitrogens with one attached hydrogen (secondary N) is 2. The Morgan fingerprint density at radius 1 is 1.19 bits per heavy atom. The van der Waals surface area contributed by atoms with E-state index in [0.717, 1.165) is 11.4 Å². The average molecular weight is 218 g/mol. The lowest BCUT2D eigenvalue weighted by molar-refractivity contribution is -0.119. The second-order valence-electron chi connectivity index (χ2n) is 5.16. The van der Waals surface area contributed by atoms with E-state index < -0.39 is 5.54 Å². The van der Waals surface area contributed by atoms with E-state index in [1.165, 1.54) is 5.56 Å². The summed E-state index contributed by atoms with van der Waals surface area (Å²) >= 11 is 0. The summed E-state index contributed by atoms with van der Waals surface area (Å²) in [5, 5.41) is 6.18. The van der Waals surface area contributed by atoms with Gasteiger partial charge in [-0.3, -0.25) is 4.79 Å². The van der Waals surface area contributed by atoms with E-state index in [0.29, 0.717) is 5.92 Å². The van der Waals surface area contributed by atoms with Gasteiger partial charge < -0.3 is 10.6 Å². The molecule has 1 aliphatic rings. The zero-order valence-corrected chi connectivity index (χ0v) is 10.2. The molecule has 0 atom stereocenters. The number of carbonyl (C=O) groups is 1. The molecule has 3 nitrogen and oxygen atoms in total. The van der Waals surface area contributed by atoms with Crippen LogP contribution in [0, 0.1) is 0 Å². The molecule has 0 fully saturated rings. The molecule has 1 amide bonds. The van der Waals surface area contributed by atoms with Crippen LogP contribution < -0.4 is 10.6 Å². The molecule has 0 unspecified atom stereocenters. The summed E-state index contributed by atoms with van der Waals surface area (Å²) in [7, 11) is 0. The van der Waals surface area contributed by atoms with Gasteiger partial charge >= 0.3 is 0 Å². The van der Waals surface area contributed by atoms with Gasteiger partial charge in [0, 0.05) is 0 Å². The van der Waals surface area contributed by atoms with Gasteiger partial charge in [-0.15, -0.1) is 0 Å². The van der Waals surface area contributed by atoms with Crippen LogP contribution in [0.3, 0.4) is 0 Å². The standard InChI is InChI=1S/C13H18N2O/c1-8(2)9-5-6-10-11(7-9)15-13(3,4)12(16)14-10/h5-8,15H,1-4H3,(H,14,16). The van der Waals surface area contributed by atoms with Crippen LogP contribution in [0.25, 0.3) is 0 Å². The third-order valence-electron chi connectivity index (χ3n) is 2.97. The summed E-state index contributed by atoms with van der Waals surface area (Å²) in [6.07, 6.45) is 0. The van der Waals surface area contributed by atoms with Crippen LogP contribution in [0.5, 0.6) is 0 Å². The molecule has 0 saturated heterocycles. The highest BCUT2D eigenvalue weighted by molar-refractivity contribution is 6.05. The average Bonchev–Trinajstić information content (AvgIpc) is 2.18. The normalized spacial score (nSPS) is 17.7. The summed E-state index contributed by atoms with van der Waals surface area (Å²) in [6.45, 7) is 8.09. The molecular formula is C13H18N2O. The fraction of sp³-hybridized carbons (Fsp3) is 0.462. The molecule has 1 heterocycles. The lowest BCUT2D eigenvalue weighted by Gasteiger charge is -2.33. The van der Waals surface area contributed by atoms with Crippen LogP contribution in [0.4, 0.5) is 11.4 Å². The van der Waals surface area contributed by atoms with Crippen LogP contribution >= 0.6 is 0 Å². The van der Waals surface area contributed by atoms with E-state index in [9.17, 15) is 4.79 Å². The molecule has 0 spiro atoms. The van der Waals surface area contributed by atoms with E-state index in [1.54, 1.807) is 0 Å². The van der Waals surface area contributed by atoms with Crippen molar-refractivity contribution < 1.29 is 4.79 Å². The van der Waals surface area contributed by atoms with E-state index in [1.807, 2.05) is 19.9 Å². The van der Waals surface area contributed by atoms with Crippen molar-refractivity contribution in [3.8, 4) is 0 Å². The molecule has 0 aliphatic carbocycles. The number of hydrogen-bond donors (Lipinski definition) is 2. The van der Waals surface area contributed by atoms with Crippen molar-refractivity contribution in [1.82, 2.24) is 0 Å². The molecule has 2 N–H and O–H groups in total. The molecule has 3 heteroatoms. The summed E-state index contributed by atoms with van der Waals surface area (Å²) in [6, 6.07) is 6.13. The van der Waals surface area contributed by atoms with Crippen LogP contribution in [0.1, 0.15) is 39.2 Å². The third-order valence-corrected chi connectivity index (χ3v) is 2.97. The van der Waals surface area contributed by atoms with E-state index >= 15 is 0 Å². The molecule has 0 saturated carbocycles. The number of fused-ring (bicyclic) bond motifs is 1. The Bertz CT molecular complexity index is 436. The second kappa shape index (κ2) is 3.51. The van der Waals surface area contributed by atoms with Crippen molar-refractivity contribution >= 4 is 17.3 Å². The van der Waals surface area contributed by atoms with E-state index in [2.05, 4.69) is 36.6 Å². The van der Waals surface area contributed by atoms with Crippen molar-refractivity contribution in [3.63, 3.8) is 0 Å². The maximum absolute atomic E-state index is 11.7. The number of hydrogen-bond acceptors (Lipinski definition) is 2. The Labute approximate surface area is 96.2 Å². The van der Waals surface area contributed by atoms with E-state index in [4.69, 9.17) is 0 Å². The molecule has 0 radical (unpaired) electrons. The third kappa shape index (κ3) is 1.77. The fourth-order valence-electron chi connectivity index (χ4n) is 1.81. The molecule has 2 rings (SSSR count). The smallest absolute Gasteiger partial charge is 0.249 e. The minimum Gasteiger partial charge on any atom is -0.370 e. The predicted molar refractivity (Wildman–Crippen MR) is 66.9 cm³/mol. The Morgan fingerprint density at radius 2 is 1.88 bits per heavy atom. The summed E-state index contributed by atoms with van der Waals surface area (Å²) in [5.41, 5.74) is 2.62. The van der Waals surface area contributed by atoms with Gasteiger partial charge in [0.15, 0.2) is 0 Å². The lowest BCUT2D eigenvalue weighted by Crippen LogP contribution is -2.47. The number of amides is 1. The van der Waals surface area contributed by atoms with Crippen molar-refractivity contribution in [2.75, 3.05) is 10.6 Å². The quantitative estimate of drug-likeness (QED) is 0.761. The van der Waals surface area contributed by atoms with Crippen LogP contribution in [0.15, 0.2) is 18.2 Å². The monoisotopic (exact) mass is 218 g/mol. The number of benzene rings is 1. The lowest BCUT2D eigenvalue weighted by atomic mass is 9.96. The Balaban J connectivity index is 2.42. The van der Waals surface area contributed by atoms with Crippen molar-refractivity contribution in [3.05, 3.63) is 23.8 Å². The second-order valence-corrected chi connectivity index (χ2v) is 5.16. The molecule has 1 aliphatic heterocycles. The minimum absolute atomic E-state index is 0.0114. The topological polar surface area (TPSA) is 41.1 Å². The van der Waals surface area contributed by atoms with Crippen molar-refractivity contribution in [2.24, 2.45) is 0 Å².